The number of aryl methyl sites for hydroxylation is 1. The molecule has 1 atom stereocenters. The number of nitrogens with zero attached hydrogens (tertiary/aromatic N) is 3. The van der Waals surface area contributed by atoms with Gasteiger partial charge in [0.1, 0.15) is 5.82 Å². The predicted octanol–water partition coefficient (Wildman–Crippen LogP) is 4.03. The van der Waals surface area contributed by atoms with Crippen LogP contribution in [0.3, 0.4) is 0 Å². The molecule has 4 aromatic rings. The summed E-state index contributed by atoms with van der Waals surface area (Å²) in [6, 6.07) is 11.4. The topological polar surface area (TPSA) is 108 Å². The van der Waals surface area contributed by atoms with E-state index in [4.69, 9.17) is 11.6 Å². The van der Waals surface area contributed by atoms with Crippen LogP contribution in [0.15, 0.2) is 61.1 Å². The van der Waals surface area contributed by atoms with Crippen molar-refractivity contribution in [2.24, 2.45) is 0 Å². The Balaban J connectivity index is 1.65. The van der Waals surface area contributed by atoms with E-state index in [1.54, 1.807) is 42.9 Å². The van der Waals surface area contributed by atoms with Gasteiger partial charge >= 0.3 is 0 Å². The van der Waals surface area contributed by atoms with Gasteiger partial charge in [-0.25, -0.2) is 14.1 Å². The summed E-state index contributed by atoms with van der Waals surface area (Å²) in [5.74, 6) is -1.29. The minimum atomic E-state index is -2.38. The van der Waals surface area contributed by atoms with Gasteiger partial charge in [-0.3, -0.25) is 19.0 Å². The fourth-order valence-corrected chi connectivity index (χ4v) is 3.92. The molecule has 0 aliphatic heterocycles. The number of carbonyl (C=O) groups excluding carboxylic acids is 1. The smallest absolute Gasteiger partial charge is 0.197 e. The lowest BCUT2D eigenvalue weighted by Crippen LogP contribution is -2.18. The van der Waals surface area contributed by atoms with Crippen molar-refractivity contribution in [2.45, 2.75) is 12.8 Å². The van der Waals surface area contributed by atoms with E-state index >= 15 is 4.39 Å². The Bertz CT molecular complexity index is 1350. The minimum absolute atomic E-state index is 0.00433. The summed E-state index contributed by atoms with van der Waals surface area (Å²) >= 11 is 3.80. The molecule has 2 aromatic carbocycles. The normalized spacial score (nSPS) is 12.1. The number of pyridine rings is 1. The second-order valence-electron chi connectivity index (χ2n) is 7.16. The number of ketones is 1. The Morgan fingerprint density at radius 2 is 2.00 bits per heavy atom. The molecule has 0 saturated carbocycles. The summed E-state index contributed by atoms with van der Waals surface area (Å²) in [4.78, 5) is 26.2. The number of hydrogen-bond donors (Lipinski definition) is 1. The van der Waals surface area contributed by atoms with E-state index in [-0.39, 0.29) is 34.7 Å². The maximum Gasteiger partial charge on any atom is 0.197 e. The highest BCUT2D eigenvalue weighted by molar-refractivity contribution is 7.77. The van der Waals surface area contributed by atoms with Gasteiger partial charge in [-0.2, -0.15) is 0 Å². The van der Waals surface area contributed by atoms with Gasteiger partial charge in [0.05, 0.1) is 33.5 Å². The highest BCUT2D eigenvalue weighted by Crippen LogP contribution is 2.27. The minimum Gasteiger partial charge on any atom is -0.760 e. The Kier molecular flexibility index (Phi) is 7.14. The summed E-state index contributed by atoms with van der Waals surface area (Å²) in [5.41, 5.74) is 2.71. The highest BCUT2D eigenvalue weighted by atomic mass is 35.5. The quantitative estimate of drug-likeness (QED) is 0.230. The number of fused-ring (bicyclic) bond motifs is 1. The van der Waals surface area contributed by atoms with Crippen molar-refractivity contribution in [1.82, 2.24) is 19.7 Å². The Hall–Kier alpha value is -3.11. The second kappa shape index (κ2) is 10.2. The van der Waals surface area contributed by atoms with Gasteiger partial charge in [0.15, 0.2) is 5.78 Å². The first-order valence-corrected chi connectivity index (χ1v) is 11.4. The Morgan fingerprint density at radius 1 is 1.15 bits per heavy atom. The summed E-state index contributed by atoms with van der Waals surface area (Å²) < 4.78 is 38.5. The predicted molar refractivity (Wildman–Crippen MR) is 123 cm³/mol. The lowest BCUT2D eigenvalue weighted by atomic mass is 9.98. The molecule has 0 spiro atoms. The maximum absolute atomic E-state index is 15.2. The van der Waals surface area contributed by atoms with Crippen molar-refractivity contribution in [3.05, 3.63) is 88.6 Å². The Labute approximate surface area is 196 Å². The lowest BCUT2D eigenvalue weighted by Gasteiger charge is -2.11. The molecule has 1 N–H and O–H groups in total. The third kappa shape index (κ3) is 5.28. The van der Waals surface area contributed by atoms with E-state index in [2.05, 4.69) is 19.7 Å². The Morgan fingerprint density at radius 3 is 2.76 bits per heavy atom. The molecule has 0 saturated heterocycles. The van der Waals surface area contributed by atoms with Crippen LogP contribution in [0, 0.1) is 5.82 Å². The number of aromatic nitrogens is 3. The fraction of sp³-hybridized carbons (Fsp3) is 0.130. The number of carbonyl (C=O) groups is 1. The summed E-state index contributed by atoms with van der Waals surface area (Å²) in [7, 11) is 0. The van der Waals surface area contributed by atoms with Crippen molar-refractivity contribution in [2.75, 3.05) is 6.54 Å². The molecule has 0 bridgehead atoms. The van der Waals surface area contributed by atoms with Gasteiger partial charge in [0.2, 0.25) is 0 Å². The van der Waals surface area contributed by atoms with Crippen molar-refractivity contribution >= 4 is 39.7 Å². The van der Waals surface area contributed by atoms with Gasteiger partial charge in [-0.15, -0.1) is 0 Å². The van der Waals surface area contributed by atoms with Crippen LogP contribution in [0.2, 0.25) is 5.02 Å². The van der Waals surface area contributed by atoms with E-state index in [1.165, 1.54) is 12.1 Å². The largest absolute Gasteiger partial charge is 0.760 e. The summed E-state index contributed by atoms with van der Waals surface area (Å²) in [5, 5.41) is -0.00433. The van der Waals surface area contributed by atoms with Gasteiger partial charge < -0.3 is 4.55 Å². The first kappa shape index (κ1) is 23.1. The van der Waals surface area contributed by atoms with E-state index in [1.807, 2.05) is 6.07 Å². The summed E-state index contributed by atoms with van der Waals surface area (Å²) in [6.07, 6.45) is 5.55. The van der Waals surface area contributed by atoms with Gasteiger partial charge in [0.25, 0.3) is 0 Å². The molecular weight excluding hydrogens is 467 g/mol. The standard InChI is InChI=1S/C23H18ClFN4O3S/c24-17-7-5-14(3-2-10-28-33(31)32)22(25)21(17)23(30)15-6-8-18-19(11-15)29-20(13-27-18)16-4-1-9-26-12-16/h1,4-9,11-13,28H,2-3,10H2,(H,31,32)/p-1. The van der Waals surface area contributed by atoms with Gasteiger partial charge in [-0.05, 0) is 54.8 Å². The van der Waals surface area contributed by atoms with Crippen molar-refractivity contribution in [3.63, 3.8) is 0 Å². The van der Waals surface area contributed by atoms with Crippen LogP contribution in [-0.2, 0) is 17.7 Å². The zero-order valence-corrected chi connectivity index (χ0v) is 18.7. The zero-order chi connectivity index (χ0) is 23.4. The van der Waals surface area contributed by atoms with Crippen molar-refractivity contribution in [3.8, 4) is 11.3 Å². The molecule has 7 nitrogen and oxygen atoms in total. The van der Waals surface area contributed by atoms with Crippen LogP contribution in [0.5, 0.6) is 0 Å². The molecule has 0 radical (unpaired) electrons. The van der Waals surface area contributed by atoms with Crippen LogP contribution in [-0.4, -0.2) is 36.0 Å². The molecule has 33 heavy (non-hydrogen) atoms. The third-order valence-corrected chi connectivity index (χ3v) is 5.76. The molecule has 2 aromatic heterocycles. The van der Waals surface area contributed by atoms with Gasteiger partial charge in [0, 0.05) is 41.3 Å². The highest BCUT2D eigenvalue weighted by Gasteiger charge is 2.21. The molecule has 4 rings (SSSR count). The number of halogens is 2. The molecule has 1 unspecified atom stereocenters. The number of hydrogen-bond acceptors (Lipinski definition) is 6. The van der Waals surface area contributed by atoms with Crippen LogP contribution < -0.4 is 4.72 Å². The van der Waals surface area contributed by atoms with Gasteiger partial charge in [-0.1, -0.05) is 17.7 Å². The van der Waals surface area contributed by atoms with Crippen LogP contribution in [0.25, 0.3) is 22.3 Å². The molecule has 168 valence electrons. The molecule has 0 aliphatic rings. The second-order valence-corrected chi connectivity index (χ2v) is 8.32. The summed E-state index contributed by atoms with van der Waals surface area (Å²) in [6.45, 7) is 0.157. The molecule has 0 fully saturated rings. The first-order valence-electron chi connectivity index (χ1n) is 9.95. The van der Waals surface area contributed by atoms with Crippen molar-refractivity contribution in [1.29, 1.82) is 0 Å². The number of nitrogens with one attached hydrogen (secondary N) is 1. The first-order chi connectivity index (χ1) is 15.9. The van der Waals surface area contributed by atoms with E-state index in [9.17, 15) is 13.6 Å². The monoisotopic (exact) mass is 483 g/mol. The molecule has 0 amide bonds. The van der Waals surface area contributed by atoms with Crippen LogP contribution >= 0.6 is 11.6 Å². The lowest BCUT2D eigenvalue weighted by molar-refractivity contribution is 0.103. The fourth-order valence-electron chi connectivity index (χ4n) is 3.38. The zero-order valence-electron chi connectivity index (χ0n) is 17.1. The molecule has 0 aliphatic carbocycles. The van der Waals surface area contributed by atoms with E-state index in [0.29, 0.717) is 23.1 Å². The number of rotatable bonds is 8. The van der Waals surface area contributed by atoms with E-state index in [0.717, 1.165) is 5.56 Å². The van der Waals surface area contributed by atoms with Crippen LogP contribution in [0.1, 0.15) is 27.9 Å². The number of benzene rings is 2. The average Bonchev–Trinajstić information content (AvgIpc) is 2.82. The SMILES string of the molecule is O=C(c1ccc2ncc(-c3cccnc3)nc2c1)c1c(Cl)ccc(CCCNS(=O)[O-])c1F. The average molecular weight is 484 g/mol. The molecular formula is C23H17ClFN4O3S-. The van der Waals surface area contributed by atoms with Crippen molar-refractivity contribution < 1.29 is 17.9 Å². The molecule has 2 heterocycles. The molecule has 10 heteroatoms. The van der Waals surface area contributed by atoms with E-state index < -0.39 is 22.9 Å². The third-order valence-electron chi connectivity index (χ3n) is 5.00. The maximum atomic E-state index is 15.2. The van der Waals surface area contributed by atoms with Crippen LogP contribution in [0.4, 0.5) is 4.39 Å².